The van der Waals surface area contributed by atoms with Crippen molar-refractivity contribution in [2.45, 2.75) is 52.4 Å². The Morgan fingerprint density at radius 3 is 2.55 bits per heavy atom. The van der Waals surface area contributed by atoms with E-state index >= 15 is 0 Å². The number of hydrogen-bond donors (Lipinski definition) is 1. The van der Waals surface area contributed by atoms with Crippen LogP contribution in [0.15, 0.2) is 48.2 Å². The number of rotatable bonds is 12. The second-order valence-corrected chi connectivity index (χ2v) is 9.68. The minimum absolute atomic E-state index is 0.777. The Hall–Kier alpha value is -2.84. The molecule has 0 aliphatic carbocycles. The summed E-state index contributed by atoms with van der Waals surface area (Å²) in [5.74, 6) is 0.908. The highest BCUT2D eigenvalue weighted by Gasteiger charge is 2.15. The lowest BCUT2D eigenvalue weighted by molar-refractivity contribution is 0.304. The average Bonchev–Trinajstić information content (AvgIpc) is 3.46. The van der Waals surface area contributed by atoms with Gasteiger partial charge in [0.1, 0.15) is 16.5 Å². The number of ether oxygens (including phenoxy) is 1. The summed E-state index contributed by atoms with van der Waals surface area (Å²) in [5, 5.41) is 7.15. The van der Waals surface area contributed by atoms with Gasteiger partial charge in [0.15, 0.2) is 5.13 Å². The molecule has 6 nitrogen and oxygen atoms in total. The Morgan fingerprint density at radius 1 is 0.939 bits per heavy atom. The number of benzene rings is 1. The van der Waals surface area contributed by atoms with Crippen molar-refractivity contribution in [2.24, 2.45) is 0 Å². The first-order chi connectivity index (χ1) is 16.2. The Morgan fingerprint density at radius 2 is 1.76 bits per heavy atom. The number of aromatic nitrogens is 4. The van der Waals surface area contributed by atoms with Crippen LogP contribution >= 0.6 is 22.7 Å². The zero-order chi connectivity index (χ0) is 22.9. The van der Waals surface area contributed by atoms with Gasteiger partial charge < -0.3 is 10.1 Å². The molecule has 0 spiro atoms. The van der Waals surface area contributed by atoms with Crippen LogP contribution in [0.25, 0.3) is 21.3 Å². The van der Waals surface area contributed by atoms with Crippen molar-refractivity contribution in [3.63, 3.8) is 0 Å². The minimum atomic E-state index is 0.777. The van der Waals surface area contributed by atoms with E-state index in [1.54, 1.807) is 41.3 Å². The molecule has 3 heterocycles. The topological polar surface area (TPSA) is 72.8 Å². The molecule has 0 aliphatic rings. The van der Waals surface area contributed by atoms with Crippen molar-refractivity contribution in [3.05, 3.63) is 53.9 Å². The van der Waals surface area contributed by atoms with Crippen LogP contribution in [0, 0.1) is 6.92 Å². The Labute approximate surface area is 203 Å². The molecule has 3 aromatic heterocycles. The molecule has 172 valence electrons. The van der Waals surface area contributed by atoms with Crippen LogP contribution in [0.4, 0.5) is 10.8 Å². The number of hydrogen-bond acceptors (Lipinski definition) is 8. The Balaban J connectivity index is 1.30. The fraction of sp³-hybridized carbons (Fsp3) is 0.360. The maximum Gasteiger partial charge on any atom is 0.187 e. The Kier molecular flexibility index (Phi) is 8.38. The molecule has 1 N–H and O–H groups in total. The van der Waals surface area contributed by atoms with Crippen molar-refractivity contribution < 1.29 is 4.74 Å². The number of unbranched alkanes of at least 4 members (excludes halogenated alkanes) is 5. The molecule has 0 aliphatic heterocycles. The molecule has 0 saturated heterocycles. The van der Waals surface area contributed by atoms with Crippen LogP contribution in [0.5, 0.6) is 5.75 Å². The first-order valence-corrected chi connectivity index (χ1v) is 13.1. The van der Waals surface area contributed by atoms with Crippen molar-refractivity contribution in [2.75, 3.05) is 11.9 Å². The third-order valence-electron chi connectivity index (χ3n) is 5.19. The van der Waals surface area contributed by atoms with E-state index in [1.807, 2.05) is 31.2 Å². The third-order valence-corrected chi connectivity index (χ3v) is 7.15. The molecule has 0 saturated carbocycles. The van der Waals surface area contributed by atoms with Gasteiger partial charge in [-0.1, -0.05) is 39.0 Å². The summed E-state index contributed by atoms with van der Waals surface area (Å²) in [6.07, 6.45) is 12.7. The second-order valence-electron chi connectivity index (χ2n) is 7.83. The third kappa shape index (κ3) is 6.58. The van der Waals surface area contributed by atoms with Gasteiger partial charge in [0, 0.05) is 23.5 Å². The molecule has 0 radical (unpaired) electrons. The van der Waals surface area contributed by atoms with E-state index < -0.39 is 0 Å². The SMILES string of the molecule is CCCCCCCCOc1ccc(Nc2nc(-c3sc(-c4cnccn4)nc3C)cs2)cc1. The molecule has 4 rings (SSSR count). The van der Waals surface area contributed by atoms with Gasteiger partial charge >= 0.3 is 0 Å². The Bertz CT molecular complexity index is 1130. The molecule has 0 atom stereocenters. The van der Waals surface area contributed by atoms with E-state index in [-0.39, 0.29) is 0 Å². The van der Waals surface area contributed by atoms with Crippen LogP contribution in [-0.2, 0) is 0 Å². The summed E-state index contributed by atoms with van der Waals surface area (Å²) < 4.78 is 5.88. The summed E-state index contributed by atoms with van der Waals surface area (Å²) in [5.41, 5.74) is 3.64. The lowest BCUT2D eigenvalue weighted by Gasteiger charge is -2.08. The molecule has 1 aromatic carbocycles. The lowest BCUT2D eigenvalue weighted by Crippen LogP contribution is -1.97. The van der Waals surface area contributed by atoms with Gasteiger partial charge in [0.05, 0.1) is 29.1 Å². The largest absolute Gasteiger partial charge is 0.494 e. The predicted molar refractivity (Wildman–Crippen MR) is 138 cm³/mol. The molecular formula is C25H29N5OS2. The minimum Gasteiger partial charge on any atom is -0.494 e. The van der Waals surface area contributed by atoms with E-state index in [1.165, 1.54) is 32.1 Å². The van der Waals surface area contributed by atoms with Crippen LogP contribution in [0.3, 0.4) is 0 Å². The van der Waals surface area contributed by atoms with Gasteiger partial charge in [0.2, 0.25) is 0 Å². The number of thiazole rings is 2. The number of nitrogens with zero attached hydrogens (tertiary/aromatic N) is 4. The maximum atomic E-state index is 5.88. The van der Waals surface area contributed by atoms with Gasteiger partial charge in [-0.3, -0.25) is 9.97 Å². The smallest absolute Gasteiger partial charge is 0.187 e. The van der Waals surface area contributed by atoms with Gasteiger partial charge in [-0.2, -0.15) is 0 Å². The fourth-order valence-corrected chi connectivity index (χ4v) is 5.20. The summed E-state index contributed by atoms with van der Waals surface area (Å²) in [6, 6.07) is 8.08. The predicted octanol–water partition coefficient (Wildman–Crippen LogP) is 7.51. The van der Waals surface area contributed by atoms with Crippen LogP contribution in [0.1, 0.15) is 51.1 Å². The first-order valence-electron chi connectivity index (χ1n) is 11.4. The summed E-state index contributed by atoms with van der Waals surface area (Å²) in [4.78, 5) is 19.0. The van der Waals surface area contributed by atoms with Crippen LogP contribution < -0.4 is 10.1 Å². The molecule has 0 bridgehead atoms. The quantitative estimate of drug-likeness (QED) is 0.212. The fourth-order valence-electron chi connectivity index (χ4n) is 3.42. The summed E-state index contributed by atoms with van der Waals surface area (Å²) in [7, 11) is 0. The van der Waals surface area contributed by atoms with E-state index in [9.17, 15) is 0 Å². The molecule has 4 aromatic rings. The van der Waals surface area contributed by atoms with Gasteiger partial charge in [0.25, 0.3) is 0 Å². The van der Waals surface area contributed by atoms with E-state index in [2.05, 4.69) is 32.6 Å². The lowest BCUT2D eigenvalue weighted by atomic mass is 10.1. The summed E-state index contributed by atoms with van der Waals surface area (Å²) >= 11 is 3.17. The highest BCUT2D eigenvalue weighted by molar-refractivity contribution is 7.19. The number of anilines is 2. The first kappa shape index (κ1) is 23.3. The monoisotopic (exact) mass is 479 g/mol. The van der Waals surface area contributed by atoms with Crippen molar-refractivity contribution in [1.29, 1.82) is 0 Å². The maximum absolute atomic E-state index is 5.88. The average molecular weight is 480 g/mol. The number of aryl methyl sites for hydroxylation is 1. The standard InChI is InChI=1S/C25H29N5OS2/c1-3-4-5-6-7-8-15-31-20-11-9-19(10-12-20)29-25-30-22(17-32-25)23-18(2)28-24(33-23)21-16-26-13-14-27-21/h9-14,16-17H,3-8,15H2,1-2H3,(H,29,30). The van der Waals surface area contributed by atoms with E-state index in [0.29, 0.717) is 0 Å². The zero-order valence-electron chi connectivity index (χ0n) is 19.1. The highest BCUT2D eigenvalue weighted by atomic mass is 32.1. The van der Waals surface area contributed by atoms with E-state index in [0.717, 1.165) is 56.6 Å². The van der Waals surface area contributed by atoms with Gasteiger partial charge in [-0.05, 0) is 37.6 Å². The zero-order valence-corrected chi connectivity index (χ0v) is 20.7. The molecule has 0 fully saturated rings. The normalized spacial score (nSPS) is 11.0. The molecule has 0 amide bonds. The van der Waals surface area contributed by atoms with Crippen LogP contribution in [0.2, 0.25) is 0 Å². The molecular weight excluding hydrogens is 450 g/mol. The van der Waals surface area contributed by atoms with Crippen LogP contribution in [-0.4, -0.2) is 26.5 Å². The highest BCUT2D eigenvalue weighted by Crippen LogP contribution is 2.36. The number of nitrogens with one attached hydrogen (secondary N) is 1. The van der Waals surface area contributed by atoms with Crippen molar-refractivity contribution in [3.8, 4) is 27.0 Å². The van der Waals surface area contributed by atoms with E-state index in [4.69, 9.17) is 9.72 Å². The van der Waals surface area contributed by atoms with Crippen molar-refractivity contribution >= 4 is 33.5 Å². The van der Waals surface area contributed by atoms with Gasteiger partial charge in [-0.15, -0.1) is 22.7 Å². The van der Waals surface area contributed by atoms with Crippen molar-refractivity contribution in [1.82, 2.24) is 19.9 Å². The molecule has 8 heteroatoms. The molecule has 33 heavy (non-hydrogen) atoms. The van der Waals surface area contributed by atoms with Gasteiger partial charge in [-0.25, -0.2) is 9.97 Å². The molecule has 0 unspecified atom stereocenters. The summed E-state index contributed by atoms with van der Waals surface area (Å²) in [6.45, 7) is 5.02. The second kappa shape index (κ2) is 11.9.